The molecule has 0 saturated carbocycles. The van der Waals surface area contributed by atoms with Crippen molar-refractivity contribution in [3.05, 3.63) is 16.3 Å². The van der Waals surface area contributed by atoms with Crippen LogP contribution < -0.4 is 11.0 Å². The molecule has 1 aromatic rings. The molecule has 0 spiro atoms. The Balaban J connectivity index is 1.65. The van der Waals surface area contributed by atoms with Crippen LogP contribution in [0.15, 0.2) is 4.79 Å². The van der Waals surface area contributed by atoms with Gasteiger partial charge in [-0.3, -0.25) is 4.57 Å². The monoisotopic (exact) mass is 250 g/mol. The number of aryl methyl sites for hydroxylation is 2. The summed E-state index contributed by atoms with van der Waals surface area (Å²) < 4.78 is 3.55. The van der Waals surface area contributed by atoms with Crippen LogP contribution in [0.1, 0.15) is 37.9 Å². The smallest absolute Gasteiger partial charge is 0.316 e. The molecule has 5 nitrogen and oxygen atoms in total. The lowest BCUT2D eigenvalue weighted by Crippen LogP contribution is -2.32. The molecule has 1 N–H and O–H groups in total. The van der Waals surface area contributed by atoms with Crippen LogP contribution in [0.2, 0.25) is 0 Å². The van der Waals surface area contributed by atoms with Crippen LogP contribution in [0.5, 0.6) is 0 Å². The van der Waals surface area contributed by atoms with Crippen molar-refractivity contribution in [3.63, 3.8) is 0 Å². The minimum Gasteiger partial charge on any atom is -0.316 e. The summed E-state index contributed by atoms with van der Waals surface area (Å²) in [4.78, 5) is 12.1. The summed E-state index contributed by atoms with van der Waals surface area (Å²) in [5.41, 5.74) is 0.105. The van der Waals surface area contributed by atoms with Crippen molar-refractivity contribution in [2.24, 2.45) is 5.92 Å². The van der Waals surface area contributed by atoms with Gasteiger partial charge in [-0.25, -0.2) is 9.48 Å². The molecule has 0 amide bonds. The van der Waals surface area contributed by atoms with Gasteiger partial charge in [0.1, 0.15) is 5.82 Å². The van der Waals surface area contributed by atoms with Gasteiger partial charge in [-0.05, 0) is 51.1 Å². The molecule has 100 valence electrons. The Labute approximate surface area is 107 Å². The maximum Gasteiger partial charge on any atom is 0.345 e. The summed E-state index contributed by atoms with van der Waals surface area (Å²) in [7, 11) is 0. The van der Waals surface area contributed by atoms with E-state index in [9.17, 15) is 4.79 Å². The maximum absolute atomic E-state index is 12.1. The second kappa shape index (κ2) is 5.26. The summed E-state index contributed by atoms with van der Waals surface area (Å²) >= 11 is 0. The molecule has 3 heterocycles. The van der Waals surface area contributed by atoms with Gasteiger partial charge in [0.15, 0.2) is 0 Å². The SMILES string of the molecule is O=c1n(CCC2CCCNC2)nc2n1CCCC2. The van der Waals surface area contributed by atoms with Crippen molar-refractivity contribution in [3.8, 4) is 0 Å². The van der Waals surface area contributed by atoms with Crippen LogP contribution in [0, 0.1) is 5.92 Å². The molecule has 0 aromatic carbocycles. The minimum absolute atomic E-state index is 0.105. The Kier molecular flexibility index (Phi) is 3.50. The van der Waals surface area contributed by atoms with Crippen LogP contribution in [0.3, 0.4) is 0 Å². The molecule has 1 unspecified atom stereocenters. The van der Waals surface area contributed by atoms with Crippen LogP contribution in [-0.4, -0.2) is 27.4 Å². The van der Waals surface area contributed by atoms with Crippen molar-refractivity contribution < 1.29 is 0 Å². The van der Waals surface area contributed by atoms with Crippen molar-refractivity contribution in [2.45, 2.75) is 51.6 Å². The maximum atomic E-state index is 12.1. The van der Waals surface area contributed by atoms with Gasteiger partial charge in [0.25, 0.3) is 0 Å². The molecule has 1 aromatic heterocycles. The average Bonchev–Trinajstić information content (AvgIpc) is 2.75. The van der Waals surface area contributed by atoms with Crippen molar-refractivity contribution in [1.29, 1.82) is 0 Å². The highest BCUT2D eigenvalue weighted by molar-refractivity contribution is 4.91. The van der Waals surface area contributed by atoms with Crippen LogP contribution in [0.25, 0.3) is 0 Å². The van der Waals surface area contributed by atoms with E-state index in [4.69, 9.17) is 0 Å². The number of aromatic nitrogens is 3. The zero-order chi connectivity index (χ0) is 12.4. The van der Waals surface area contributed by atoms with E-state index < -0.39 is 0 Å². The Bertz CT molecular complexity index is 456. The fourth-order valence-electron chi connectivity index (χ4n) is 3.07. The number of fused-ring (bicyclic) bond motifs is 1. The highest BCUT2D eigenvalue weighted by atomic mass is 16.2. The third-order valence-corrected chi connectivity index (χ3v) is 4.18. The molecule has 2 aliphatic rings. The second-order valence-corrected chi connectivity index (χ2v) is 5.53. The summed E-state index contributed by atoms with van der Waals surface area (Å²) in [6.07, 6.45) is 6.87. The molecule has 1 fully saturated rings. The molecule has 18 heavy (non-hydrogen) atoms. The molecule has 0 aliphatic carbocycles. The largest absolute Gasteiger partial charge is 0.345 e. The van der Waals surface area contributed by atoms with Gasteiger partial charge in [-0.2, -0.15) is 5.10 Å². The molecule has 5 heteroatoms. The van der Waals surface area contributed by atoms with Crippen LogP contribution >= 0.6 is 0 Å². The summed E-state index contributed by atoms with van der Waals surface area (Å²) in [5.74, 6) is 1.71. The zero-order valence-corrected chi connectivity index (χ0v) is 10.9. The molecule has 1 atom stereocenters. The Hall–Kier alpha value is -1.10. The first-order chi connectivity index (χ1) is 8.84. The van der Waals surface area contributed by atoms with E-state index in [1.807, 2.05) is 4.57 Å². The van der Waals surface area contributed by atoms with Gasteiger partial charge in [0.2, 0.25) is 0 Å². The molecular weight excluding hydrogens is 228 g/mol. The van der Waals surface area contributed by atoms with E-state index in [1.165, 1.54) is 19.3 Å². The first-order valence-electron chi connectivity index (χ1n) is 7.22. The topological polar surface area (TPSA) is 51.9 Å². The summed E-state index contributed by atoms with van der Waals surface area (Å²) in [6, 6.07) is 0. The number of nitrogens with one attached hydrogen (secondary N) is 1. The predicted octanol–water partition coefficient (Wildman–Crippen LogP) is 0.771. The standard InChI is InChI=1S/C13H22N4O/c18-13-16-8-2-1-5-12(16)15-17(13)9-6-11-4-3-7-14-10-11/h11,14H,1-10H2. The molecule has 0 radical (unpaired) electrons. The second-order valence-electron chi connectivity index (χ2n) is 5.53. The number of rotatable bonds is 3. The van der Waals surface area contributed by atoms with Gasteiger partial charge in [0.05, 0.1) is 0 Å². The van der Waals surface area contributed by atoms with Crippen LogP contribution in [0.4, 0.5) is 0 Å². The number of nitrogens with zero attached hydrogens (tertiary/aromatic N) is 3. The van der Waals surface area contributed by atoms with Crippen LogP contribution in [-0.2, 0) is 19.5 Å². The van der Waals surface area contributed by atoms with E-state index in [0.717, 1.165) is 51.3 Å². The van der Waals surface area contributed by atoms with Gasteiger partial charge < -0.3 is 5.32 Å². The number of piperidine rings is 1. The lowest BCUT2D eigenvalue weighted by molar-refractivity contribution is 0.333. The third-order valence-electron chi connectivity index (χ3n) is 4.18. The lowest BCUT2D eigenvalue weighted by Gasteiger charge is -2.22. The average molecular weight is 250 g/mol. The normalized spacial score (nSPS) is 23.9. The molecule has 3 rings (SSSR count). The van der Waals surface area contributed by atoms with Crippen molar-refractivity contribution in [1.82, 2.24) is 19.7 Å². The van der Waals surface area contributed by atoms with Gasteiger partial charge in [-0.1, -0.05) is 0 Å². The molecule has 2 aliphatic heterocycles. The van der Waals surface area contributed by atoms with E-state index in [-0.39, 0.29) is 5.69 Å². The quantitative estimate of drug-likeness (QED) is 0.862. The van der Waals surface area contributed by atoms with Crippen molar-refractivity contribution >= 4 is 0 Å². The Morgan fingerprint density at radius 1 is 1.33 bits per heavy atom. The molecule has 0 bridgehead atoms. The minimum atomic E-state index is 0.105. The fourth-order valence-corrected chi connectivity index (χ4v) is 3.07. The first kappa shape index (κ1) is 12.0. The number of hydrogen-bond acceptors (Lipinski definition) is 3. The van der Waals surface area contributed by atoms with Crippen molar-refractivity contribution in [2.75, 3.05) is 13.1 Å². The Morgan fingerprint density at radius 3 is 3.06 bits per heavy atom. The summed E-state index contributed by atoms with van der Waals surface area (Å²) in [6.45, 7) is 3.89. The highest BCUT2D eigenvalue weighted by Crippen LogP contribution is 2.15. The predicted molar refractivity (Wildman–Crippen MR) is 69.6 cm³/mol. The van der Waals surface area contributed by atoms with E-state index >= 15 is 0 Å². The summed E-state index contributed by atoms with van der Waals surface area (Å²) in [5, 5.41) is 7.90. The van der Waals surface area contributed by atoms with Gasteiger partial charge >= 0.3 is 5.69 Å². The first-order valence-corrected chi connectivity index (χ1v) is 7.22. The zero-order valence-electron chi connectivity index (χ0n) is 10.9. The van der Waals surface area contributed by atoms with E-state index in [2.05, 4.69) is 10.4 Å². The van der Waals surface area contributed by atoms with E-state index in [1.54, 1.807) is 4.68 Å². The molecular formula is C13H22N4O. The van der Waals surface area contributed by atoms with E-state index in [0.29, 0.717) is 5.92 Å². The Morgan fingerprint density at radius 2 is 2.28 bits per heavy atom. The molecule has 1 saturated heterocycles. The fraction of sp³-hybridized carbons (Fsp3) is 0.846. The van der Waals surface area contributed by atoms with Gasteiger partial charge in [0, 0.05) is 19.5 Å². The number of hydrogen-bond donors (Lipinski definition) is 1. The van der Waals surface area contributed by atoms with Gasteiger partial charge in [-0.15, -0.1) is 0 Å². The highest BCUT2D eigenvalue weighted by Gasteiger charge is 2.18. The lowest BCUT2D eigenvalue weighted by atomic mass is 9.96. The third kappa shape index (κ3) is 2.36.